The van der Waals surface area contributed by atoms with Gasteiger partial charge in [-0.1, -0.05) is 32.1 Å². The summed E-state index contributed by atoms with van der Waals surface area (Å²) >= 11 is 0. The maximum atomic E-state index is 11.5. The van der Waals surface area contributed by atoms with Crippen LogP contribution in [0.15, 0.2) is 0 Å². The molecule has 1 saturated heterocycles. The molecule has 0 saturated carbocycles. The van der Waals surface area contributed by atoms with Crippen LogP contribution in [0.1, 0.15) is 70.6 Å². The molecule has 1 heterocycles. The first-order valence-electron chi connectivity index (χ1n) is 7.12. The number of hydrogen-bond donors (Lipinski definition) is 1. The Morgan fingerprint density at radius 1 is 0.625 bits per heavy atom. The van der Waals surface area contributed by atoms with Crippen molar-refractivity contribution in [1.82, 2.24) is 5.32 Å². The largest absolute Gasteiger partial charge is 0.317 e. The lowest BCUT2D eigenvalue weighted by Gasteiger charge is -2.03. The maximum Gasteiger partial charge on any atom is 0.132 e. The Morgan fingerprint density at radius 3 is 1.62 bits per heavy atom. The number of carbonyl (C=O) groups excluding carboxylic acids is 1. The van der Waals surface area contributed by atoms with E-state index in [2.05, 4.69) is 5.32 Å². The minimum Gasteiger partial charge on any atom is -0.317 e. The fraction of sp³-hybridized carbons (Fsp3) is 0.929. The quantitative estimate of drug-likeness (QED) is 0.684. The van der Waals surface area contributed by atoms with Crippen LogP contribution in [0, 0.1) is 0 Å². The van der Waals surface area contributed by atoms with Crippen molar-refractivity contribution >= 4 is 5.78 Å². The van der Waals surface area contributed by atoms with Gasteiger partial charge in [0.2, 0.25) is 0 Å². The smallest absolute Gasteiger partial charge is 0.132 e. The van der Waals surface area contributed by atoms with Gasteiger partial charge >= 0.3 is 0 Å². The molecule has 0 atom stereocenters. The Balaban J connectivity index is 2.13. The Bertz CT molecular complexity index is 162. The summed E-state index contributed by atoms with van der Waals surface area (Å²) in [6.45, 7) is 2.34. The molecular formula is C14H27NO. The SMILES string of the molecule is O=C1CCCCCCCNCCCCCC1. The average molecular weight is 225 g/mol. The molecule has 1 rings (SSSR count). The Kier molecular flexibility index (Phi) is 8.41. The van der Waals surface area contributed by atoms with Gasteiger partial charge < -0.3 is 5.32 Å². The molecule has 1 N–H and O–H groups in total. The summed E-state index contributed by atoms with van der Waals surface area (Å²) in [5.74, 6) is 0.494. The van der Waals surface area contributed by atoms with E-state index in [1.165, 1.54) is 51.5 Å². The number of carbonyl (C=O) groups is 1. The molecule has 0 bridgehead atoms. The number of ketones is 1. The normalized spacial score (nSPS) is 23.4. The third-order valence-corrected chi connectivity index (χ3v) is 3.37. The Morgan fingerprint density at radius 2 is 1.06 bits per heavy atom. The topological polar surface area (TPSA) is 29.1 Å². The summed E-state index contributed by atoms with van der Waals surface area (Å²) in [6.07, 6.45) is 12.8. The lowest BCUT2D eigenvalue weighted by Crippen LogP contribution is -2.16. The van der Waals surface area contributed by atoms with E-state index in [1.54, 1.807) is 0 Å². The molecule has 1 fully saturated rings. The summed E-state index contributed by atoms with van der Waals surface area (Å²) in [4.78, 5) is 11.5. The molecule has 0 unspecified atom stereocenters. The van der Waals surface area contributed by atoms with E-state index >= 15 is 0 Å². The van der Waals surface area contributed by atoms with Crippen LogP contribution in [-0.2, 0) is 4.79 Å². The maximum absolute atomic E-state index is 11.5. The van der Waals surface area contributed by atoms with Crippen LogP contribution in [-0.4, -0.2) is 18.9 Å². The van der Waals surface area contributed by atoms with Crippen molar-refractivity contribution in [2.75, 3.05) is 13.1 Å². The lowest BCUT2D eigenvalue weighted by molar-refractivity contribution is -0.119. The zero-order valence-electron chi connectivity index (χ0n) is 10.6. The van der Waals surface area contributed by atoms with Crippen LogP contribution >= 0.6 is 0 Å². The van der Waals surface area contributed by atoms with Crippen molar-refractivity contribution in [2.45, 2.75) is 70.6 Å². The minimum atomic E-state index is 0.494. The molecule has 2 nitrogen and oxygen atoms in total. The molecule has 0 aromatic rings. The molecule has 0 aromatic heterocycles. The van der Waals surface area contributed by atoms with Gasteiger partial charge in [0.25, 0.3) is 0 Å². The Hall–Kier alpha value is -0.370. The number of Topliss-reactive ketones (excluding diaryl/α,β-unsaturated/α-hetero) is 1. The molecule has 2 heteroatoms. The van der Waals surface area contributed by atoms with Crippen LogP contribution in [0.2, 0.25) is 0 Å². The molecule has 16 heavy (non-hydrogen) atoms. The van der Waals surface area contributed by atoms with E-state index in [-0.39, 0.29) is 0 Å². The highest BCUT2D eigenvalue weighted by atomic mass is 16.1. The van der Waals surface area contributed by atoms with Gasteiger partial charge in [0.1, 0.15) is 5.78 Å². The van der Waals surface area contributed by atoms with Gasteiger partial charge in [-0.15, -0.1) is 0 Å². The predicted molar refractivity (Wildman–Crippen MR) is 68.7 cm³/mol. The Labute approximate surface area is 100 Å². The van der Waals surface area contributed by atoms with E-state index in [9.17, 15) is 4.79 Å². The van der Waals surface area contributed by atoms with Gasteiger partial charge in [0, 0.05) is 12.8 Å². The highest BCUT2D eigenvalue weighted by Gasteiger charge is 2.02. The fourth-order valence-corrected chi connectivity index (χ4v) is 2.28. The molecule has 0 radical (unpaired) electrons. The van der Waals surface area contributed by atoms with Crippen LogP contribution in [0.4, 0.5) is 0 Å². The van der Waals surface area contributed by atoms with E-state index in [1.807, 2.05) is 0 Å². The minimum absolute atomic E-state index is 0.494. The standard InChI is InChI=1S/C14H27NO/c16-14-10-6-2-1-4-8-12-15-13-9-5-3-7-11-14/h15H,1-13H2. The predicted octanol–water partition coefficient (Wildman–Crippen LogP) is 3.45. The van der Waals surface area contributed by atoms with Gasteiger partial charge in [-0.2, -0.15) is 0 Å². The highest BCUT2D eigenvalue weighted by Crippen LogP contribution is 2.10. The summed E-state index contributed by atoms with van der Waals surface area (Å²) < 4.78 is 0. The van der Waals surface area contributed by atoms with Gasteiger partial charge in [-0.05, 0) is 38.8 Å². The molecule has 0 amide bonds. The molecule has 0 aromatic carbocycles. The first kappa shape index (κ1) is 13.7. The van der Waals surface area contributed by atoms with Crippen molar-refractivity contribution in [1.29, 1.82) is 0 Å². The summed E-state index contributed by atoms with van der Waals surface area (Å²) in [5.41, 5.74) is 0. The highest BCUT2D eigenvalue weighted by molar-refractivity contribution is 5.78. The van der Waals surface area contributed by atoms with E-state index in [0.717, 1.165) is 32.2 Å². The van der Waals surface area contributed by atoms with Gasteiger partial charge in [0.05, 0.1) is 0 Å². The zero-order chi connectivity index (χ0) is 11.5. The monoisotopic (exact) mass is 225 g/mol. The lowest BCUT2D eigenvalue weighted by atomic mass is 10.0. The average Bonchev–Trinajstić information content (AvgIpc) is 2.29. The molecule has 1 aliphatic rings. The molecule has 1 aliphatic heterocycles. The number of hydrogen-bond acceptors (Lipinski definition) is 2. The van der Waals surface area contributed by atoms with Gasteiger partial charge in [0.15, 0.2) is 0 Å². The van der Waals surface area contributed by atoms with Crippen molar-refractivity contribution < 1.29 is 4.79 Å². The molecule has 94 valence electrons. The second kappa shape index (κ2) is 9.83. The fourth-order valence-electron chi connectivity index (χ4n) is 2.28. The van der Waals surface area contributed by atoms with Gasteiger partial charge in [-0.25, -0.2) is 0 Å². The van der Waals surface area contributed by atoms with Crippen molar-refractivity contribution in [3.63, 3.8) is 0 Å². The van der Waals surface area contributed by atoms with Crippen LogP contribution in [0.5, 0.6) is 0 Å². The first-order chi connectivity index (χ1) is 7.89. The van der Waals surface area contributed by atoms with Crippen molar-refractivity contribution in [3.05, 3.63) is 0 Å². The summed E-state index contributed by atoms with van der Waals surface area (Å²) in [7, 11) is 0. The van der Waals surface area contributed by atoms with E-state index in [0.29, 0.717) is 5.78 Å². The zero-order valence-corrected chi connectivity index (χ0v) is 10.6. The van der Waals surface area contributed by atoms with Crippen LogP contribution in [0.3, 0.4) is 0 Å². The third kappa shape index (κ3) is 7.86. The van der Waals surface area contributed by atoms with E-state index < -0.39 is 0 Å². The van der Waals surface area contributed by atoms with Crippen molar-refractivity contribution in [2.24, 2.45) is 0 Å². The van der Waals surface area contributed by atoms with E-state index in [4.69, 9.17) is 0 Å². The van der Waals surface area contributed by atoms with Crippen molar-refractivity contribution in [3.8, 4) is 0 Å². The second-order valence-electron chi connectivity index (χ2n) is 4.97. The molecule has 0 aliphatic carbocycles. The summed E-state index contributed by atoms with van der Waals surface area (Å²) in [5, 5.41) is 3.50. The molecule has 0 spiro atoms. The number of nitrogens with one attached hydrogen (secondary N) is 1. The number of rotatable bonds is 0. The van der Waals surface area contributed by atoms with Crippen LogP contribution in [0.25, 0.3) is 0 Å². The first-order valence-corrected chi connectivity index (χ1v) is 7.12. The second-order valence-corrected chi connectivity index (χ2v) is 4.97. The van der Waals surface area contributed by atoms with Gasteiger partial charge in [-0.3, -0.25) is 4.79 Å². The molecular weight excluding hydrogens is 198 g/mol. The summed E-state index contributed by atoms with van der Waals surface area (Å²) in [6, 6.07) is 0. The van der Waals surface area contributed by atoms with Crippen LogP contribution < -0.4 is 5.32 Å². The third-order valence-electron chi connectivity index (χ3n) is 3.37.